The monoisotopic (exact) mass is 431 g/mol. The first-order valence-electron chi connectivity index (χ1n) is 11.0. The van der Waals surface area contributed by atoms with Gasteiger partial charge in [0.15, 0.2) is 5.82 Å². The van der Waals surface area contributed by atoms with Crippen LogP contribution in [-0.4, -0.2) is 51.4 Å². The number of likely N-dealkylation sites (tertiary alicyclic amines) is 1. The summed E-state index contributed by atoms with van der Waals surface area (Å²) in [5.74, 6) is -0.0216. The van der Waals surface area contributed by atoms with Crippen molar-refractivity contribution in [1.82, 2.24) is 25.2 Å². The third-order valence-corrected chi connectivity index (χ3v) is 6.23. The van der Waals surface area contributed by atoms with E-state index >= 15 is 0 Å². The molecule has 1 amide bonds. The number of benzene rings is 2. The summed E-state index contributed by atoms with van der Waals surface area (Å²) in [6, 6.07) is 14.8. The number of amides is 1. The molecule has 6 nitrogen and oxygen atoms in total. The number of H-pyrrole nitrogens is 2. The second kappa shape index (κ2) is 8.96. The van der Waals surface area contributed by atoms with Gasteiger partial charge in [-0.05, 0) is 48.6 Å². The van der Waals surface area contributed by atoms with Gasteiger partial charge in [0.25, 0.3) is 5.91 Å². The number of piperidine rings is 1. The zero-order valence-electron chi connectivity index (χ0n) is 17.8. The fraction of sp³-hybridized carbons (Fsp3) is 0.280. The molecule has 1 aliphatic heterocycles. The Kier molecular flexibility index (Phi) is 5.73. The number of rotatable bonds is 6. The van der Waals surface area contributed by atoms with Crippen molar-refractivity contribution in [3.05, 3.63) is 78.1 Å². The summed E-state index contributed by atoms with van der Waals surface area (Å²) in [6.45, 7) is 2.77. The molecule has 0 atom stereocenters. The van der Waals surface area contributed by atoms with E-state index in [0.717, 1.165) is 66.6 Å². The molecule has 0 saturated carbocycles. The van der Waals surface area contributed by atoms with Crippen molar-refractivity contribution in [2.45, 2.75) is 25.3 Å². The molecule has 1 fully saturated rings. The molecular formula is C25H26FN5O. The van der Waals surface area contributed by atoms with Crippen molar-refractivity contribution >= 4 is 16.8 Å². The Morgan fingerprint density at radius 3 is 2.78 bits per heavy atom. The number of carbonyl (C=O) groups excluding carboxylic acids is 1. The highest BCUT2D eigenvalue weighted by Crippen LogP contribution is 2.21. The average molecular weight is 432 g/mol. The number of nitrogens with zero attached hydrogens (tertiary/aromatic N) is 2. The van der Waals surface area contributed by atoms with Gasteiger partial charge in [-0.25, -0.2) is 9.37 Å². The zero-order chi connectivity index (χ0) is 21.9. The summed E-state index contributed by atoms with van der Waals surface area (Å²) in [5, 5.41) is 4.07. The van der Waals surface area contributed by atoms with Crippen LogP contribution >= 0.6 is 0 Å². The van der Waals surface area contributed by atoms with E-state index in [2.05, 4.69) is 25.2 Å². The van der Waals surface area contributed by atoms with Crippen molar-refractivity contribution in [3.8, 4) is 11.3 Å². The summed E-state index contributed by atoms with van der Waals surface area (Å²) in [5.41, 5.74) is 3.95. The van der Waals surface area contributed by atoms with E-state index in [1.54, 1.807) is 18.3 Å². The number of imidazole rings is 1. The molecule has 0 unspecified atom stereocenters. The lowest BCUT2D eigenvalue weighted by atomic mass is 10.0. The van der Waals surface area contributed by atoms with Crippen molar-refractivity contribution < 1.29 is 9.18 Å². The molecule has 1 aliphatic rings. The summed E-state index contributed by atoms with van der Waals surface area (Å²) in [6.07, 6.45) is 6.35. The van der Waals surface area contributed by atoms with Gasteiger partial charge in [0.05, 0.1) is 11.9 Å². The summed E-state index contributed by atoms with van der Waals surface area (Å²) >= 11 is 0. The quantitative estimate of drug-likeness (QED) is 0.430. The first-order chi connectivity index (χ1) is 15.7. The second-order valence-corrected chi connectivity index (χ2v) is 8.35. The first kappa shape index (κ1) is 20.5. The molecule has 3 N–H and O–H groups in total. The Labute approximate surface area is 185 Å². The molecule has 4 aromatic rings. The summed E-state index contributed by atoms with van der Waals surface area (Å²) in [7, 11) is 0. The molecule has 1 saturated heterocycles. The van der Waals surface area contributed by atoms with Gasteiger partial charge < -0.3 is 20.2 Å². The van der Waals surface area contributed by atoms with Crippen molar-refractivity contribution in [2.75, 3.05) is 19.6 Å². The van der Waals surface area contributed by atoms with E-state index in [1.165, 1.54) is 6.07 Å². The smallest absolute Gasteiger partial charge is 0.287 e. The van der Waals surface area contributed by atoms with Crippen LogP contribution in [0, 0.1) is 5.82 Å². The molecule has 0 radical (unpaired) electrons. The Morgan fingerprint density at radius 1 is 1.16 bits per heavy atom. The number of fused-ring (bicyclic) bond motifs is 1. The van der Waals surface area contributed by atoms with Crippen LogP contribution in [0.4, 0.5) is 4.39 Å². The van der Waals surface area contributed by atoms with Gasteiger partial charge in [0.2, 0.25) is 0 Å². The number of halogens is 1. The second-order valence-electron chi connectivity index (χ2n) is 8.35. The highest BCUT2D eigenvalue weighted by molar-refractivity contribution is 5.91. The van der Waals surface area contributed by atoms with Crippen LogP contribution < -0.4 is 5.32 Å². The fourth-order valence-electron chi connectivity index (χ4n) is 4.39. The number of hydrogen-bond donors (Lipinski definition) is 3. The van der Waals surface area contributed by atoms with Crippen LogP contribution in [0.1, 0.15) is 29.0 Å². The number of hydrogen-bond acceptors (Lipinski definition) is 3. The van der Waals surface area contributed by atoms with Crippen molar-refractivity contribution in [2.24, 2.45) is 0 Å². The maximum atomic E-state index is 13.6. The average Bonchev–Trinajstić information content (AvgIpc) is 3.47. The minimum absolute atomic E-state index is 0.145. The third-order valence-electron chi connectivity index (χ3n) is 6.23. The highest BCUT2D eigenvalue weighted by Gasteiger charge is 2.22. The van der Waals surface area contributed by atoms with E-state index in [9.17, 15) is 9.18 Å². The molecule has 0 bridgehead atoms. The Morgan fingerprint density at radius 2 is 1.97 bits per heavy atom. The van der Waals surface area contributed by atoms with Gasteiger partial charge in [0, 0.05) is 42.8 Å². The van der Waals surface area contributed by atoms with Crippen LogP contribution in [0.3, 0.4) is 0 Å². The predicted molar refractivity (Wildman–Crippen MR) is 123 cm³/mol. The predicted octanol–water partition coefficient (Wildman–Crippen LogP) is 4.13. The van der Waals surface area contributed by atoms with Crippen molar-refractivity contribution in [3.63, 3.8) is 0 Å². The molecule has 5 rings (SSSR count). The lowest BCUT2D eigenvalue weighted by Gasteiger charge is -2.32. The normalized spacial score (nSPS) is 15.3. The molecule has 3 heterocycles. The van der Waals surface area contributed by atoms with Crippen LogP contribution in [0.25, 0.3) is 22.2 Å². The maximum absolute atomic E-state index is 13.6. The van der Waals surface area contributed by atoms with Gasteiger partial charge in [-0.3, -0.25) is 4.79 Å². The standard InChI is InChI=1S/C25H26FN5O/c26-19-6-7-22-21(14-19)18(15-27-22)8-11-31-12-9-20(10-13-31)29-25(32)24-28-16-23(30-24)17-4-2-1-3-5-17/h1-7,14-16,20,27H,8-13H2,(H,28,30)(H,29,32). The van der Waals surface area contributed by atoms with E-state index in [0.29, 0.717) is 5.82 Å². The van der Waals surface area contributed by atoms with Gasteiger partial charge >= 0.3 is 0 Å². The lowest BCUT2D eigenvalue weighted by Crippen LogP contribution is -2.45. The number of carbonyl (C=O) groups is 1. The number of nitrogens with one attached hydrogen (secondary N) is 3. The molecular weight excluding hydrogens is 405 g/mol. The molecule has 32 heavy (non-hydrogen) atoms. The van der Waals surface area contributed by atoms with Crippen molar-refractivity contribution in [1.29, 1.82) is 0 Å². The van der Waals surface area contributed by atoms with Crippen LogP contribution in [0.2, 0.25) is 0 Å². The fourth-order valence-corrected chi connectivity index (χ4v) is 4.39. The Hall–Kier alpha value is -3.45. The number of aromatic nitrogens is 3. The SMILES string of the molecule is O=C(NC1CCN(CCc2c[nH]c3ccc(F)cc23)CC1)c1ncc(-c2ccccc2)[nH]1. The molecule has 2 aromatic heterocycles. The van der Waals surface area contributed by atoms with Gasteiger partial charge in [-0.1, -0.05) is 30.3 Å². The Balaban J connectivity index is 1.11. The molecule has 0 aliphatic carbocycles. The van der Waals surface area contributed by atoms with Crippen LogP contribution in [0.5, 0.6) is 0 Å². The third kappa shape index (κ3) is 4.43. The summed E-state index contributed by atoms with van der Waals surface area (Å²) < 4.78 is 13.6. The first-order valence-corrected chi connectivity index (χ1v) is 11.0. The van der Waals surface area contributed by atoms with Crippen LogP contribution in [-0.2, 0) is 6.42 Å². The minimum atomic E-state index is -0.206. The maximum Gasteiger partial charge on any atom is 0.287 e. The molecule has 2 aromatic carbocycles. The summed E-state index contributed by atoms with van der Waals surface area (Å²) in [4.78, 5) is 25.6. The molecule has 164 valence electrons. The van der Waals surface area contributed by atoms with Gasteiger partial charge in [0.1, 0.15) is 5.82 Å². The van der Waals surface area contributed by atoms with Gasteiger partial charge in [-0.15, -0.1) is 0 Å². The van der Waals surface area contributed by atoms with E-state index in [1.807, 2.05) is 36.5 Å². The topological polar surface area (TPSA) is 76.8 Å². The van der Waals surface area contributed by atoms with E-state index in [-0.39, 0.29) is 17.8 Å². The lowest BCUT2D eigenvalue weighted by molar-refractivity contribution is 0.0902. The molecule has 7 heteroatoms. The minimum Gasteiger partial charge on any atom is -0.361 e. The van der Waals surface area contributed by atoms with E-state index in [4.69, 9.17) is 0 Å². The zero-order valence-corrected chi connectivity index (χ0v) is 17.8. The Bertz CT molecular complexity index is 1210. The van der Waals surface area contributed by atoms with Crippen LogP contribution in [0.15, 0.2) is 60.9 Å². The number of aromatic amines is 2. The highest BCUT2D eigenvalue weighted by atomic mass is 19.1. The molecule has 0 spiro atoms. The van der Waals surface area contributed by atoms with Gasteiger partial charge in [-0.2, -0.15) is 0 Å². The largest absolute Gasteiger partial charge is 0.361 e. The van der Waals surface area contributed by atoms with E-state index < -0.39 is 0 Å².